The van der Waals surface area contributed by atoms with Gasteiger partial charge < -0.3 is 15.4 Å². The van der Waals surface area contributed by atoms with Crippen molar-refractivity contribution in [3.8, 4) is 0 Å². The van der Waals surface area contributed by atoms with Gasteiger partial charge in [-0.3, -0.25) is 4.79 Å². The van der Waals surface area contributed by atoms with Crippen molar-refractivity contribution in [3.63, 3.8) is 0 Å². The average molecular weight is 310 g/mol. The summed E-state index contributed by atoms with van der Waals surface area (Å²) in [5.74, 6) is -0.468. The number of anilines is 1. The van der Waals surface area contributed by atoms with Gasteiger partial charge in [0.25, 0.3) is 0 Å². The Morgan fingerprint density at radius 1 is 1.38 bits per heavy atom. The lowest BCUT2D eigenvalue weighted by molar-refractivity contribution is -0.128. The van der Waals surface area contributed by atoms with E-state index in [1.165, 1.54) is 12.1 Å². The number of rotatable bonds is 4. The predicted molar refractivity (Wildman–Crippen MR) is 83.7 cm³/mol. The van der Waals surface area contributed by atoms with Crippen LogP contribution in [-0.2, 0) is 9.53 Å². The van der Waals surface area contributed by atoms with Gasteiger partial charge in [-0.2, -0.15) is 0 Å². The van der Waals surface area contributed by atoms with Gasteiger partial charge in [0.05, 0.1) is 4.99 Å². The lowest BCUT2D eigenvalue weighted by atomic mass is 9.78. The fourth-order valence-electron chi connectivity index (χ4n) is 2.61. The number of carbonyl (C=O) groups is 1. The van der Waals surface area contributed by atoms with E-state index in [2.05, 4.69) is 0 Å². The molecule has 0 aliphatic carbocycles. The van der Waals surface area contributed by atoms with Crippen LogP contribution in [0.1, 0.15) is 19.8 Å². The van der Waals surface area contributed by atoms with E-state index in [9.17, 15) is 9.18 Å². The third-order valence-electron chi connectivity index (χ3n) is 3.93. The number of halogens is 1. The van der Waals surface area contributed by atoms with Crippen LogP contribution >= 0.6 is 12.2 Å². The standard InChI is InChI=1S/C15H19FN2O2S/c1-2-18(12-5-3-11(16)4-6-12)14(19)15(13(17)21)7-9-20-10-8-15/h3-6H,2,7-10H2,1H3,(H2,17,21). The predicted octanol–water partition coefficient (Wildman–Crippen LogP) is 2.26. The van der Waals surface area contributed by atoms with Crippen molar-refractivity contribution < 1.29 is 13.9 Å². The van der Waals surface area contributed by atoms with Crippen LogP contribution in [-0.4, -0.2) is 30.7 Å². The van der Waals surface area contributed by atoms with Crippen molar-refractivity contribution in [3.05, 3.63) is 30.1 Å². The fourth-order valence-corrected chi connectivity index (χ4v) is 2.90. The number of nitrogens with two attached hydrogens (primary N) is 1. The second-order valence-corrected chi connectivity index (χ2v) is 5.52. The summed E-state index contributed by atoms with van der Waals surface area (Å²) in [5.41, 5.74) is 5.65. The number of thiocarbonyl (C=S) groups is 1. The number of amides is 1. The molecule has 0 spiro atoms. The SMILES string of the molecule is CCN(C(=O)C1(C(N)=S)CCOCC1)c1ccc(F)cc1. The lowest BCUT2D eigenvalue weighted by Crippen LogP contribution is -2.53. The van der Waals surface area contributed by atoms with Crippen LogP contribution in [0.15, 0.2) is 24.3 Å². The van der Waals surface area contributed by atoms with Gasteiger partial charge in [0, 0.05) is 25.4 Å². The van der Waals surface area contributed by atoms with Gasteiger partial charge in [0.15, 0.2) is 0 Å². The molecule has 2 rings (SSSR count). The molecule has 21 heavy (non-hydrogen) atoms. The van der Waals surface area contributed by atoms with E-state index in [-0.39, 0.29) is 16.7 Å². The molecule has 6 heteroatoms. The van der Waals surface area contributed by atoms with Gasteiger partial charge >= 0.3 is 0 Å². The van der Waals surface area contributed by atoms with Crippen LogP contribution in [0.2, 0.25) is 0 Å². The summed E-state index contributed by atoms with van der Waals surface area (Å²) < 4.78 is 18.4. The van der Waals surface area contributed by atoms with E-state index in [1.807, 2.05) is 6.92 Å². The first-order valence-electron chi connectivity index (χ1n) is 6.96. The van der Waals surface area contributed by atoms with E-state index in [1.54, 1.807) is 17.0 Å². The van der Waals surface area contributed by atoms with Crippen molar-refractivity contribution in [1.82, 2.24) is 0 Å². The lowest BCUT2D eigenvalue weighted by Gasteiger charge is -2.38. The highest BCUT2D eigenvalue weighted by Crippen LogP contribution is 2.34. The zero-order valence-electron chi connectivity index (χ0n) is 12.0. The zero-order valence-corrected chi connectivity index (χ0v) is 12.8. The van der Waals surface area contributed by atoms with Crippen LogP contribution in [0.3, 0.4) is 0 Å². The number of hydrogen-bond acceptors (Lipinski definition) is 3. The van der Waals surface area contributed by atoms with Crippen LogP contribution in [0.4, 0.5) is 10.1 Å². The number of nitrogens with zero attached hydrogens (tertiary/aromatic N) is 1. The Morgan fingerprint density at radius 3 is 2.43 bits per heavy atom. The normalized spacial score (nSPS) is 17.2. The Labute approximate surface area is 129 Å². The minimum absolute atomic E-state index is 0.132. The largest absolute Gasteiger partial charge is 0.392 e. The minimum Gasteiger partial charge on any atom is -0.392 e. The number of carbonyl (C=O) groups excluding carboxylic acids is 1. The molecule has 1 aromatic rings. The Balaban J connectivity index is 2.33. The van der Waals surface area contributed by atoms with Crippen molar-refractivity contribution in [2.75, 3.05) is 24.7 Å². The number of ether oxygens (including phenoxy) is 1. The third kappa shape index (κ3) is 3.06. The van der Waals surface area contributed by atoms with E-state index < -0.39 is 5.41 Å². The molecule has 1 fully saturated rings. The number of hydrogen-bond donors (Lipinski definition) is 1. The summed E-state index contributed by atoms with van der Waals surface area (Å²) >= 11 is 5.16. The topological polar surface area (TPSA) is 55.6 Å². The van der Waals surface area contributed by atoms with Crippen molar-refractivity contribution in [2.24, 2.45) is 11.1 Å². The van der Waals surface area contributed by atoms with Gasteiger partial charge in [0.2, 0.25) is 5.91 Å². The highest BCUT2D eigenvalue weighted by Gasteiger charge is 2.45. The van der Waals surface area contributed by atoms with Crippen molar-refractivity contribution >= 4 is 28.8 Å². The van der Waals surface area contributed by atoms with Crippen molar-refractivity contribution in [2.45, 2.75) is 19.8 Å². The Bertz CT molecular complexity index is 527. The first-order chi connectivity index (χ1) is 10.0. The summed E-state index contributed by atoms with van der Waals surface area (Å²) in [6.07, 6.45) is 0.970. The molecule has 0 atom stereocenters. The maximum Gasteiger partial charge on any atom is 0.240 e. The summed E-state index contributed by atoms with van der Waals surface area (Å²) in [4.78, 5) is 14.8. The molecule has 1 aliphatic heterocycles. The molecule has 1 amide bonds. The summed E-state index contributed by atoms with van der Waals surface area (Å²) in [7, 11) is 0. The van der Waals surface area contributed by atoms with Gasteiger partial charge in [0.1, 0.15) is 11.2 Å². The molecule has 1 aliphatic rings. The average Bonchev–Trinajstić information content (AvgIpc) is 2.50. The smallest absolute Gasteiger partial charge is 0.240 e. The molecule has 0 bridgehead atoms. The van der Waals surface area contributed by atoms with Crippen LogP contribution < -0.4 is 10.6 Å². The molecule has 1 saturated heterocycles. The quantitative estimate of drug-likeness (QED) is 0.867. The molecule has 0 unspecified atom stereocenters. The highest BCUT2D eigenvalue weighted by molar-refractivity contribution is 7.80. The summed E-state index contributed by atoms with van der Waals surface area (Å²) in [6.45, 7) is 3.26. The minimum atomic E-state index is -0.863. The summed E-state index contributed by atoms with van der Waals surface area (Å²) in [6, 6.07) is 5.85. The van der Waals surface area contributed by atoms with Crippen LogP contribution in [0, 0.1) is 11.2 Å². The third-order valence-corrected chi connectivity index (χ3v) is 4.32. The second kappa shape index (κ2) is 6.49. The first kappa shape index (κ1) is 15.9. The van der Waals surface area contributed by atoms with E-state index in [4.69, 9.17) is 22.7 Å². The maximum atomic E-state index is 13.1. The fraction of sp³-hybridized carbons (Fsp3) is 0.467. The van der Waals surface area contributed by atoms with Gasteiger partial charge in [-0.25, -0.2) is 4.39 Å². The summed E-state index contributed by atoms with van der Waals surface area (Å²) in [5, 5.41) is 0. The van der Waals surface area contributed by atoms with Crippen molar-refractivity contribution in [1.29, 1.82) is 0 Å². The first-order valence-corrected chi connectivity index (χ1v) is 7.37. The molecule has 2 N–H and O–H groups in total. The Morgan fingerprint density at radius 2 is 1.95 bits per heavy atom. The van der Waals surface area contributed by atoms with Gasteiger partial charge in [-0.15, -0.1) is 0 Å². The zero-order chi connectivity index (χ0) is 15.5. The molecule has 4 nitrogen and oxygen atoms in total. The molecule has 0 saturated carbocycles. The van der Waals surface area contributed by atoms with Gasteiger partial charge in [-0.05, 0) is 44.0 Å². The maximum absolute atomic E-state index is 13.1. The Kier molecular flexibility index (Phi) is 4.90. The van der Waals surface area contributed by atoms with E-state index in [0.29, 0.717) is 38.3 Å². The molecule has 1 aromatic carbocycles. The monoisotopic (exact) mass is 310 g/mol. The second-order valence-electron chi connectivity index (χ2n) is 5.08. The molecule has 114 valence electrons. The van der Waals surface area contributed by atoms with E-state index in [0.717, 1.165) is 0 Å². The molecular formula is C15H19FN2O2S. The van der Waals surface area contributed by atoms with Crippen LogP contribution in [0.5, 0.6) is 0 Å². The molecule has 0 aromatic heterocycles. The Hall–Kier alpha value is -1.53. The molecule has 1 heterocycles. The van der Waals surface area contributed by atoms with Gasteiger partial charge in [-0.1, -0.05) is 12.2 Å². The van der Waals surface area contributed by atoms with E-state index >= 15 is 0 Å². The molecular weight excluding hydrogens is 291 g/mol. The highest BCUT2D eigenvalue weighted by atomic mass is 32.1. The van der Waals surface area contributed by atoms with Crippen LogP contribution in [0.25, 0.3) is 0 Å². The molecule has 0 radical (unpaired) electrons. The number of benzene rings is 1.